The largest absolute Gasteiger partial charge is 0.301 e. The number of hydrogen-bond acceptors (Lipinski definition) is 1. The van der Waals surface area contributed by atoms with Crippen LogP contribution in [0.15, 0.2) is 0 Å². The summed E-state index contributed by atoms with van der Waals surface area (Å²) in [7, 11) is 0. The number of hydrogen-bond donors (Lipinski definition) is 1. The van der Waals surface area contributed by atoms with Gasteiger partial charge in [0.2, 0.25) is 0 Å². The van der Waals surface area contributed by atoms with Crippen LogP contribution in [-0.2, 0) is 0 Å². The Labute approximate surface area is 55.6 Å². The van der Waals surface area contributed by atoms with Crippen LogP contribution in [0.5, 0.6) is 0 Å². The van der Waals surface area contributed by atoms with Crippen LogP contribution in [-0.4, -0.2) is 19.3 Å². The van der Waals surface area contributed by atoms with Gasteiger partial charge in [0.05, 0.1) is 6.04 Å². The van der Waals surface area contributed by atoms with Crippen molar-refractivity contribution < 1.29 is 4.39 Å². The van der Waals surface area contributed by atoms with E-state index in [0.29, 0.717) is 6.54 Å². The van der Waals surface area contributed by atoms with Crippen molar-refractivity contribution in [2.45, 2.75) is 19.4 Å². The van der Waals surface area contributed by atoms with Crippen LogP contribution in [0.2, 0.25) is 0 Å². The molecule has 0 aromatic heterocycles. The molecule has 0 radical (unpaired) electrons. The second-order valence-corrected chi connectivity index (χ2v) is 1.77. The molecule has 0 spiro atoms. The van der Waals surface area contributed by atoms with Gasteiger partial charge in [-0.25, -0.2) is 4.39 Å². The van der Waals surface area contributed by atoms with E-state index in [0.717, 1.165) is 6.42 Å². The van der Waals surface area contributed by atoms with Crippen molar-refractivity contribution >= 4 is 0 Å². The Morgan fingerprint density at radius 1 is 1.78 bits per heavy atom. The first-order valence-electron chi connectivity index (χ1n) is 3.10. The second kappa shape index (κ2) is 5.58. The fourth-order valence-corrected chi connectivity index (χ4v) is 0.550. The van der Waals surface area contributed by atoms with Crippen LogP contribution in [0.4, 0.5) is 4.39 Å². The van der Waals surface area contributed by atoms with Crippen LogP contribution in [0.3, 0.4) is 0 Å². The normalized spacial score (nSPS) is 12.6. The molecule has 2 heteroatoms. The van der Waals surface area contributed by atoms with Gasteiger partial charge in [-0.3, -0.25) is 0 Å². The zero-order valence-electron chi connectivity index (χ0n) is 5.65. The predicted octanol–water partition coefficient (Wildman–Crippen LogP) is 0.957. The Morgan fingerprint density at radius 2 is 2.44 bits per heavy atom. The van der Waals surface area contributed by atoms with Crippen molar-refractivity contribution in [3.63, 3.8) is 0 Å². The average Bonchev–Trinajstić information content (AvgIpc) is 1.91. The fraction of sp³-hybridized carbons (Fsp3) is 0.714. The number of halogens is 1. The van der Waals surface area contributed by atoms with Crippen LogP contribution >= 0.6 is 0 Å². The van der Waals surface area contributed by atoms with Crippen molar-refractivity contribution in [3.05, 3.63) is 0 Å². The summed E-state index contributed by atoms with van der Waals surface area (Å²) in [6.07, 6.45) is 5.95. The quantitative estimate of drug-likeness (QED) is 0.557. The first-order valence-corrected chi connectivity index (χ1v) is 3.10. The molecule has 0 rings (SSSR count). The van der Waals surface area contributed by atoms with E-state index >= 15 is 0 Å². The summed E-state index contributed by atoms with van der Waals surface area (Å²) in [6, 6.07) is 0.0424. The van der Waals surface area contributed by atoms with Gasteiger partial charge in [-0.2, -0.15) is 0 Å². The molecule has 0 amide bonds. The highest BCUT2D eigenvalue weighted by Gasteiger charge is 1.96. The zero-order chi connectivity index (χ0) is 7.11. The monoisotopic (exact) mass is 129 g/mol. The maximum absolute atomic E-state index is 11.5. The minimum absolute atomic E-state index is 0.0424. The van der Waals surface area contributed by atoms with Gasteiger partial charge in [-0.1, -0.05) is 12.8 Å². The molecule has 0 aromatic rings. The Balaban J connectivity index is 3.23. The van der Waals surface area contributed by atoms with Crippen LogP contribution in [0.1, 0.15) is 13.3 Å². The minimum atomic E-state index is -0.349. The highest BCUT2D eigenvalue weighted by Crippen LogP contribution is 1.85. The molecule has 0 heterocycles. The maximum Gasteiger partial charge on any atom is 0.102 e. The lowest BCUT2D eigenvalue weighted by Gasteiger charge is -2.06. The van der Waals surface area contributed by atoms with E-state index in [1.807, 2.05) is 6.92 Å². The molecule has 0 bridgehead atoms. The molecule has 0 aliphatic heterocycles. The van der Waals surface area contributed by atoms with E-state index in [9.17, 15) is 4.39 Å². The van der Waals surface area contributed by atoms with Crippen molar-refractivity contribution in [2.24, 2.45) is 0 Å². The Bertz CT molecular complexity index is 95.6. The zero-order valence-corrected chi connectivity index (χ0v) is 5.65. The third kappa shape index (κ3) is 3.99. The molecule has 1 atom stereocenters. The smallest absolute Gasteiger partial charge is 0.102 e. The summed E-state index contributed by atoms with van der Waals surface area (Å²) >= 11 is 0. The number of alkyl halides is 1. The fourth-order valence-electron chi connectivity index (χ4n) is 0.550. The topological polar surface area (TPSA) is 12.0 Å². The molecule has 1 nitrogen and oxygen atoms in total. The minimum Gasteiger partial charge on any atom is -0.301 e. The second-order valence-electron chi connectivity index (χ2n) is 1.77. The highest BCUT2D eigenvalue weighted by molar-refractivity contribution is 4.97. The van der Waals surface area contributed by atoms with E-state index < -0.39 is 0 Å². The van der Waals surface area contributed by atoms with Gasteiger partial charge in [0.1, 0.15) is 6.67 Å². The molecule has 1 N–H and O–H groups in total. The molecule has 0 saturated heterocycles. The molecule has 0 saturated carbocycles. The van der Waals surface area contributed by atoms with Gasteiger partial charge in [0.25, 0.3) is 0 Å². The summed E-state index contributed by atoms with van der Waals surface area (Å²) in [5.41, 5.74) is 0. The molecular formula is C7H12FN. The Hall–Kier alpha value is -0.550. The van der Waals surface area contributed by atoms with E-state index in [2.05, 4.69) is 11.2 Å². The summed E-state index contributed by atoms with van der Waals surface area (Å²) in [5.74, 6) is 2.51. The molecule has 9 heavy (non-hydrogen) atoms. The molecule has 0 fully saturated rings. The van der Waals surface area contributed by atoms with Crippen LogP contribution in [0.25, 0.3) is 0 Å². The summed E-state index contributed by atoms with van der Waals surface area (Å²) < 4.78 is 11.5. The Kier molecular flexibility index (Phi) is 5.24. The maximum atomic E-state index is 11.5. The van der Waals surface area contributed by atoms with Gasteiger partial charge in [0, 0.05) is 6.54 Å². The molecule has 1 unspecified atom stereocenters. The molecular weight excluding hydrogens is 117 g/mol. The first kappa shape index (κ1) is 8.45. The van der Waals surface area contributed by atoms with Gasteiger partial charge in [0.15, 0.2) is 0 Å². The highest BCUT2D eigenvalue weighted by atomic mass is 19.1. The van der Waals surface area contributed by atoms with Crippen molar-refractivity contribution in [3.8, 4) is 12.3 Å². The van der Waals surface area contributed by atoms with Gasteiger partial charge < -0.3 is 5.32 Å². The lowest BCUT2D eigenvalue weighted by atomic mass is 10.2. The number of rotatable bonds is 4. The van der Waals surface area contributed by atoms with Gasteiger partial charge >= 0.3 is 0 Å². The summed E-state index contributed by atoms with van der Waals surface area (Å²) in [5, 5.41) is 2.86. The third-order valence-corrected chi connectivity index (χ3v) is 1.09. The molecule has 0 aliphatic rings. The Morgan fingerprint density at radius 3 is 2.78 bits per heavy atom. The number of terminal acetylenes is 1. The van der Waals surface area contributed by atoms with E-state index in [4.69, 9.17) is 6.42 Å². The average molecular weight is 129 g/mol. The standard InChI is InChI=1S/C7H12FN/c1-3-7(4-2)9-6-5-8/h1,7,9H,4-6H2,2H3. The van der Waals surface area contributed by atoms with Crippen LogP contribution in [0, 0.1) is 12.3 Å². The third-order valence-electron chi connectivity index (χ3n) is 1.09. The van der Waals surface area contributed by atoms with E-state index in [-0.39, 0.29) is 12.7 Å². The summed E-state index contributed by atoms with van der Waals surface area (Å²) in [6.45, 7) is 1.98. The lowest BCUT2D eigenvalue weighted by molar-refractivity contribution is 0.451. The van der Waals surface area contributed by atoms with Crippen molar-refractivity contribution in [1.29, 1.82) is 0 Å². The van der Waals surface area contributed by atoms with E-state index in [1.54, 1.807) is 0 Å². The molecule has 52 valence electrons. The van der Waals surface area contributed by atoms with Crippen molar-refractivity contribution in [2.75, 3.05) is 13.2 Å². The van der Waals surface area contributed by atoms with E-state index in [1.165, 1.54) is 0 Å². The SMILES string of the molecule is C#CC(CC)NCCF. The first-order chi connectivity index (χ1) is 4.35. The number of nitrogens with one attached hydrogen (secondary N) is 1. The van der Waals surface area contributed by atoms with Gasteiger partial charge in [-0.15, -0.1) is 6.42 Å². The van der Waals surface area contributed by atoms with Crippen LogP contribution < -0.4 is 5.32 Å². The molecule has 0 aromatic carbocycles. The molecule has 0 aliphatic carbocycles. The lowest BCUT2D eigenvalue weighted by Crippen LogP contribution is -2.28. The predicted molar refractivity (Wildman–Crippen MR) is 36.9 cm³/mol. The summed E-state index contributed by atoms with van der Waals surface area (Å²) in [4.78, 5) is 0. The van der Waals surface area contributed by atoms with Gasteiger partial charge in [-0.05, 0) is 6.42 Å². The van der Waals surface area contributed by atoms with Crippen molar-refractivity contribution in [1.82, 2.24) is 5.32 Å².